The van der Waals surface area contributed by atoms with Crippen molar-refractivity contribution in [3.8, 4) is 11.3 Å². The molecule has 0 unspecified atom stereocenters. The van der Waals surface area contributed by atoms with Gasteiger partial charge in [0.25, 0.3) is 5.56 Å². The van der Waals surface area contributed by atoms with Gasteiger partial charge in [0.15, 0.2) is 11.2 Å². The average Bonchev–Trinajstić information content (AvgIpc) is 3.29. The van der Waals surface area contributed by atoms with Gasteiger partial charge in [0.1, 0.15) is 0 Å². The molecule has 30 heavy (non-hydrogen) atoms. The van der Waals surface area contributed by atoms with Gasteiger partial charge in [0, 0.05) is 33.3 Å². The molecule has 0 saturated heterocycles. The van der Waals surface area contributed by atoms with E-state index in [1.165, 1.54) is 11.6 Å². The molecule has 3 aromatic heterocycles. The highest BCUT2D eigenvalue weighted by Crippen LogP contribution is 2.31. The third-order valence-corrected chi connectivity index (χ3v) is 5.63. The van der Waals surface area contributed by atoms with Crippen LogP contribution in [0.1, 0.15) is 25.5 Å². The van der Waals surface area contributed by atoms with E-state index >= 15 is 0 Å². The minimum atomic E-state index is -0.380. The fourth-order valence-electron chi connectivity index (χ4n) is 4.07. The van der Waals surface area contributed by atoms with Crippen molar-refractivity contribution >= 4 is 16.9 Å². The van der Waals surface area contributed by atoms with Crippen LogP contribution in [-0.2, 0) is 31.8 Å². The fourth-order valence-corrected chi connectivity index (χ4v) is 4.07. The number of imidazole rings is 2. The van der Waals surface area contributed by atoms with Crippen molar-refractivity contribution in [1.29, 1.82) is 0 Å². The molecule has 0 atom stereocenters. The van der Waals surface area contributed by atoms with Crippen LogP contribution in [0.3, 0.4) is 0 Å². The summed E-state index contributed by atoms with van der Waals surface area (Å²) >= 11 is 0. The van der Waals surface area contributed by atoms with Crippen molar-refractivity contribution in [3.63, 3.8) is 0 Å². The van der Waals surface area contributed by atoms with Gasteiger partial charge < -0.3 is 9.30 Å². The molecule has 0 aliphatic heterocycles. The number of aryl methyl sites for hydroxylation is 2. The highest BCUT2D eigenvalue weighted by molar-refractivity contribution is 5.80. The van der Waals surface area contributed by atoms with Gasteiger partial charge in [0.05, 0.1) is 18.0 Å². The van der Waals surface area contributed by atoms with Crippen LogP contribution in [0.2, 0.25) is 0 Å². The summed E-state index contributed by atoms with van der Waals surface area (Å²) in [5, 5.41) is 0. The zero-order valence-electron chi connectivity index (χ0n) is 17.9. The smallest absolute Gasteiger partial charge is 0.332 e. The van der Waals surface area contributed by atoms with Crippen molar-refractivity contribution in [2.45, 2.75) is 32.7 Å². The van der Waals surface area contributed by atoms with Gasteiger partial charge in [-0.15, -0.1) is 0 Å². The molecule has 8 heteroatoms. The minimum absolute atomic E-state index is 0.332. The third-order valence-electron chi connectivity index (χ3n) is 5.63. The van der Waals surface area contributed by atoms with E-state index in [4.69, 9.17) is 9.72 Å². The Morgan fingerprint density at radius 1 is 1.07 bits per heavy atom. The lowest BCUT2D eigenvalue weighted by atomic mass is 10.1. The first-order valence-corrected chi connectivity index (χ1v) is 10.2. The molecule has 3 heterocycles. The second kappa shape index (κ2) is 7.95. The minimum Gasteiger partial charge on any atom is -0.383 e. The highest BCUT2D eigenvalue weighted by Gasteiger charge is 2.25. The summed E-state index contributed by atoms with van der Waals surface area (Å²) in [7, 11) is 4.83. The second-order valence-corrected chi connectivity index (χ2v) is 7.53. The Morgan fingerprint density at radius 3 is 2.47 bits per heavy atom. The summed E-state index contributed by atoms with van der Waals surface area (Å²) in [6, 6.07) is 10.2. The number of nitrogens with zero attached hydrogens (tertiary/aromatic N) is 5. The Morgan fingerprint density at radius 2 is 1.80 bits per heavy atom. The topological polar surface area (TPSA) is 75.5 Å². The fraction of sp³-hybridized carbons (Fsp3) is 0.409. The van der Waals surface area contributed by atoms with Gasteiger partial charge >= 0.3 is 5.69 Å². The molecule has 158 valence electrons. The molecule has 0 fully saturated rings. The van der Waals surface area contributed by atoms with E-state index in [0.29, 0.717) is 30.1 Å². The molecule has 0 spiro atoms. The van der Waals surface area contributed by atoms with Gasteiger partial charge in [-0.3, -0.25) is 18.3 Å². The number of unbranched alkanes of at least 4 members (excludes halogenated alkanes) is 1. The number of ether oxygens (including phenoxy) is 1. The van der Waals surface area contributed by atoms with Gasteiger partial charge in [-0.05, 0) is 12.8 Å². The van der Waals surface area contributed by atoms with E-state index in [-0.39, 0.29) is 11.2 Å². The van der Waals surface area contributed by atoms with E-state index in [2.05, 4.69) is 23.6 Å². The first-order chi connectivity index (χ1) is 14.5. The number of hydrogen-bond donors (Lipinski definition) is 0. The molecule has 0 saturated carbocycles. The van der Waals surface area contributed by atoms with E-state index in [1.807, 2.05) is 22.6 Å². The van der Waals surface area contributed by atoms with Crippen molar-refractivity contribution < 1.29 is 4.74 Å². The maximum atomic E-state index is 13.1. The first kappa shape index (κ1) is 20.2. The molecule has 1 aromatic carbocycles. The maximum absolute atomic E-state index is 13.1. The molecule has 8 nitrogen and oxygen atoms in total. The Kier molecular flexibility index (Phi) is 5.34. The van der Waals surface area contributed by atoms with Crippen molar-refractivity contribution in [3.05, 3.63) is 56.9 Å². The lowest BCUT2D eigenvalue weighted by Gasteiger charge is -2.11. The lowest BCUT2D eigenvalue weighted by Crippen LogP contribution is -2.37. The molecule has 0 aliphatic rings. The summed E-state index contributed by atoms with van der Waals surface area (Å²) in [6.45, 7) is 3.25. The van der Waals surface area contributed by atoms with Crippen LogP contribution in [-0.4, -0.2) is 36.8 Å². The predicted octanol–water partition coefficient (Wildman–Crippen LogP) is 2.34. The summed E-state index contributed by atoms with van der Waals surface area (Å²) < 4.78 is 12.0. The van der Waals surface area contributed by atoms with Crippen LogP contribution in [0.15, 0.2) is 39.9 Å². The van der Waals surface area contributed by atoms with E-state index < -0.39 is 0 Å². The largest absolute Gasteiger partial charge is 0.383 e. The van der Waals surface area contributed by atoms with Crippen LogP contribution >= 0.6 is 0 Å². The average molecular weight is 409 g/mol. The van der Waals surface area contributed by atoms with Crippen LogP contribution in [0.4, 0.5) is 0 Å². The summed E-state index contributed by atoms with van der Waals surface area (Å²) in [6.07, 6.45) is 2.81. The second-order valence-electron chi connectivity index (χ2n) is 7.53. The Balaban J connectivity index is 2.19. The Labute approximate surface area is 174 Å². The number of rotatable bonds is 7. The van der Waals surface area contributed by atoms with Gasteiger partial charge in [-0.25, -0.2) is 4.79 Å². The highest BCUT2D eigenvalue weighted by atomic mass is 16.5. The van der Waals surface area contributed by atoms with Gasteiger partial charge in [-0.1, -0.05) is 43.7 Å². The molecule has 0 amide bonds. The summed E-state index contributed by atoms with van der Waals surface area (Å²) in [5.74, 6) is 0.658. The van der Waals surface area contributed by atoms with Crippen LogP contribution in [0.25, 0.3) is 28.2 Å². The molecular formula is C22H27N5O3. The van der Waals surface area contributed by atoms with Crippen molar-refractivity contribution in [2.75, 3.05) is 13.7 Å². The number of fused-ring (bicyclic) bond motifs is 3. The third kappa shape index (κ3) is 2.99. The van der Waals surface area contributed by atoms with E-state index in [0.717, 1.165) is 40.8 Å². The molecule has 4 aromatic rings. The van der Waals surface area contributed by atoms with Gasteiger partial charge in [-0.2, -0.15) is 4.98 Å². The SMILES string of the molecule is CCCCc1c(-c2ccccc2)n(CCOC)c2nc3c(c(=O)n(C)c(=O)n3C)n12. The first-order valence-electron chi connectivity index (χ1n) is 10.2. The van der Waals surface area contributed by atoms with Crippen molar-refractivity contribution in [1.82, 2.24) is 23.1 Å². The molecule has 4 rings (SSSR count). The van der Waals surface area contributed by atoms with Gasteiger partial charge in [0.2, 0.25) is 5.78 Å². The summed E-state index contributed by atoms with van der Waals surface area (Å²) in [4.78, 5) is 30.3. The molecule has 0 N–H and O–H groups in total. The van der Waals surface area contributed by atoms with Crippen LogP contribution in [0, 0.1) is 0 Å². The zero-order valence-corrected chi connectivity index (χ0v) is 17.9. The number of methoxy groups -OCH3 is 1. The van der Waals surface area contributed by atoms with Crippen molar-refractivity contribution in [2.24, 2.45) is 14.1 Å². The normalized spacial score (nSPS) is 11.7. The van der Waals surface area contributed by atoms with Crippen LogP contribution < -0.4 is 11.2 Å². The number of hydrogen-bond acceptors (Lipinski definition) is 4. The Hall–Kier alpha value is -3.13. The predicted molar refractivity (Wildman–Crippen MR) is 117 cm³/mol. The maximum Gasteiger partial charge on any atom is 0.332 e. The van der Waals surface area contributed by atoms with Crippen LogP contribution in [0.5, 0.6) is 0 Å². The standard InChI is InChI=1S/C22H27N5O3/c1-5-6-12-16-17(15-10-8-7-9-11-15)26(13-14-30-4)21-23-19-18(27(16)21)20(28)25(3)22(29)24(19)2/h7-11H,5-6,12-14H2,1-4H3. The van der Waals surface area contributed by atoms with E-state index in [9.17, 15) is 9.59 Å². The lowest BCUT2D eigenvalue weighted by molar-refractivity contribution is 0.188. The zero-order chi connectivity index (χ0) is 21.4. The molecule has 0 radical (unpaired) electrons. The monoisotopic (exact) mass is 409 g/mol. The molecule has 0 bridgehead atoms. The number of benzene rings is 1. The number of aromatic nitrogens is 5. The summed E-state index contributed by atoms with van der Waals surface area (Å²) in [5.41, 5.74) is 3.28. The molecular weight excluding hydrogens is 382 g/mol. The molecule has 0 aliphatic carbocycles. The van der Waals surface area contributed by atoms with E-state index in [1.54, 1.807) is 14.2 Å². The Bertz CT molecular complexity index is 1320. The quantitative estimate of drug-likeness (QED) is 0.470.